The van der Waals surface area contributed by atoms with E-state index in [2.05, 4.69) is 49.9 Å². The van der Waals surface area contributed by atoms with Gasteiger partial charge in [-0.2, -0.15) is 0 Å². The van der Waals surface area contributed by atoms with Crippen LogP contribution in [0.2, 0.25) is 0 Å². The minimum Gasteiger partial charge on any atom is -0.371 e. The molecule has 1 aromatic rings. The van der Waals surface area contributed by atoms with E-state index in [1.54, 1.807) is 0 Å². The highest BCUT2D eigenvalue weighted by molar-refractivity contribution is 5.55. The second kappa shape index (κ2) is 4.26. The third-order valence-electron chi connectivity index (χ3n) is 3.59. The van der Waals surface area contributed by atoms with Crippen molar-refractivity contribution < 1.29 is 0 Å². The summed E-state index contributed by atoms with van der Waals surface area (Å²) in [6, 6.07) is 8.86. The van der Waals surface area contributed by atoms with Gasteiger partial charge < -0.3 is 4.90 Å². The third kappa shape index (κ3) is 2.01. The molecule has 82 valence electrons. The van der Waals surface area contributed by atoms with Crippen molar-refractivity contribution in [2.45, 2.75) is 27.2 Å². The number of para-hydroxylation sites is 1. The topological polar surface area (TPSA) is 3.24 Å². The number of rotatable bonds is 2. The molecule has 2 rings (SSSR count). The van der Waals surface area contributed by atoms with Gasteiger partial charge in [0, 0.05) is 18.8 Å². The minimum atomic E-state index is 0.785. The van der Waals surface area contributed by atoms with Crippen molar-refractivity contribution in [3.05, 3.63) is 29.8 Å². The van der Waals surface area contributed by atoms with Crippen LogP contribution in [0, 0.1) is 11.8 Å². The van der Waals surface area contributed by atoms with E-state index in [9.17, 15) is 0 Å². The monoisotopic (exact) mass is 203 g/mol. The van der Waals surface area contributed by atoms with Crippen LogP contribution in [0.1, 0.15) is 26.3 Å². The Labute approximate surface area is 93.1 Å². The van der Waals surface area contributed by atoms with E-state index in [4.69, 9.17) is 0 Å². The van der Waals surface area contributed by atoms with Crippen LogP contribution in [0.25, 0.3) is 0 Å². The Hall–Kier alpha value is -0.980. The standard InChI is InChI=1S/C14H21N/c1-4-15-10-13(11(2)3)9-12-7-5-6-8-14(12)15/h5-8,11,13H,4,9-10H2,1-3H3/t13-/m1/s1. The maximum atomic E-state index is 2.52. The van der Waals surface area contributed by atoms with Gasteiger partial charge in [-0.1, -0.05) is 32.0 Å². The van der Waals surface area contributed by atoms with Crippen molar-refractivity contribution >= 4 is 5.69 Å². The molecule has 0 unspecified atom stereocenters. The quantitative estimate of drug-likeness (QED) is 0.712. The minimum absolute atomic E-state index is 0.785. The lowest BCUT2D eigenvalue weighted by Gasteiger charge is -2.37. The Bertz CT molecular complexity index is 330. The molecule has 0 fully saturated rings. The molecule has 0 spiro atoms. The highest BCUT2D eigenvalue weighted by atomic mass is 15.1. The van der Waals surface area contributed by atoms with E-state index in [1.165, 1.54) is 24.2 Å². The first-order chi connectivity index (χ1) is 7.22. The summed E-state index contributed by atoms with van der Waals surface area (Å²) in [7, 11) is 0. The van der Waals surface area contributed by atoms with Crippen LogP contribution < -0.4 is 4.90 Å². The van der Waals surface area contributed by atoms with Crippen molar-refractivity contribution in [1.29, 1.82) is 0 Å². The fourth-order valence-electron chi connectivity index (χ4n) is 2.47. The van der Waals surface area contributed by atoms with E-state index in [0.717, 1.165) is 18.4 Å². The molecule has 0 aromatic heterocycles. The number of nitrogens with zero attached hydrogens (tertiary/aromatic N) is 1. The molecular formula is C14H21N. The van der Waals surface area contributed by atoms with E-state index >= 15 is 0 Å². The first-order valence-corrected chi connectivity index (χ1v) is 6.05. The largest absolute Gasteiger partial charge is 0.371 e. The molecule has 1 nitrogen and oxygen atoms in total. The number of hydrogen-bond donors (Lipinski definition) is 0. The van der Waals surface area contributed by atoms with Crippen molar-refractivity contribution in [2.24, 2.45) is 11.8 Å². The summed E-state index contributed by atoms with van der Waals surface area (Å²) in [5.74, 6) is 1.60. The highest BCUT2D eigenvalue weighted by Gasteiger charge is 2.24. The first-order valence-electron chi connectivity index (χ1n) is 6.05. The van der Waals surface area contributed by atoms with E-state index in [1.807, 2.05) is 0 Å². The van der Waals surface area contributed by atoms with Crippen LogP contribution in [-0.2, 0) is 6.42 Å². The molecule has 1 aliphatic rings. The van der Waals surface area contributed by atoms with Gasteiger partial charge in [-0.3, -0.25) is 0 Å². The zero-order valence-electron chi connectivity index (χ0n) is 10.0. The summed E-state index contributed by atoms with van der Waals surface area (Å²) in [5.41, 5.74) is 2.99. The van der Waals surface area contributed by atoms with Gasteiger partial charge in [-0.15, -0.1) is 0 Å². The Kier molecular flexibility index (Phi) is 2.99. The molecule has 1 heterocycles. The summed E-state index contributed by atoms with van der Waals surface area (Å²) in [6.45, 7) is 9.28. The third-order valence-corrected chi connectivity index (χ3v) is 3.59. The Morgan fingerprint density at radius 2 is 2.07 bits per heavy atom. The SMILES string of the molecule is CCN1C[C@H](C(C)C)Cc2ccccc21. The summed E-state index contributed by atoms with van der Waals surface area (Å²) in [6.07, 6.45) is 1.25. The zero-order valence-corrected chi connectivity index (χ0v) is 10.0. The second-order valence-corrected chi connectivity index (χ2v) is 4.88. The lowest BCUT2D eigenvalue weighted by molar-refractivity contribution is 0.370. The molecule has 1 heteroatoms. The first kappa shape index (κ1) is 10.5. The van der Waals surface area contributed by atoms with E-state index < -0.39 is 0 Å². The number of fused-ring (bicyclic) bond motifs is 1. The molecule has 0 bridgehead atoms. The molecule has 1 aromatic carbocycles. The predicted molar refractivity (Wildman–Crippen MR) is 66.4 cm³/mol. The fourth-order valence-corrected chi connectivity index (χ4v) is 2.47. The van der Waals surface area contributed by atoms with Gasteiger partial charge in [0.05, 0.1) is 0 Å². The molecule has 0 aliphatic carbocycles. The molecule has 1 aliphatic heterocycles. The van der Waals surface area contributed by atoms with Crippen LogP contribution in [0.3, 0.4) is 0 Å². The number of benzene rings is 1. The highest BCUT2D eigenvalue weighted by Crippen LogP contribution is 2.32. The van der Waals surface area contributed by atoms with Crippen LogP contribution in [0.5, 0.6) is 0 Å². The van der Waals surface area contributed by atoms with Crippen molar-refractivity contribution in [1.82, 2.24) is 0 Å². The normalized spacial score (nSPS) is 20.5. The van der Waals surface area contributed by atoms with Gasteiger partial charge in [0.15, 0.2) is 0 Å². The average molecular weight is 203 g/mol. The van der Waals surface area contributed by atoms with E-state index in [0.29, 0.717) is 0 Å². The maximum absolute atomic E-state index is 2.52. The van der Waals surface area contributed by atoms with Gasteiger partial charge in [0.2, 0.25) is 0 Å². The lowest BCUT2D eigenvalue weighted by atomic mass is 9.85. The van der Waals surface area contributed by atoms with E-state index in [-0.39, 0.29) is 0 Å². The summed E-state index contributed by atoms with van der Waals surface area (Å²) in [5, 5.41) is 0. The molecule has 0 amide bonds. The van der Waals surface area contributed by atoms with Crippen LogP contribution in [-0.4, -0.2) is 13.1 Å². The van der Waals surface area contributed by atoms with Crippen LogP contribution in [0.4, 0.5) is 5.69 Å². The van der Waals surface area contributed by atoms with Crippen LogP contribution in [0.15, 0.2) is 24.3 Å². The smallest absolute Gasteiger partial charge is 0.0398 e. The Morgan fingerprint density at radius 1 is 1.33 bits per heavy atom. The van der Waals surface area contributed by atoms with Gasteiger partial charge in [-0.25, -0.2) is 0 Å². The molecule has 0 radical (unpaired) electrons. The molecule has 1 atom stereocenters. The average Bonchev–Trinajstić information content (AvgIpc) is 2.27. The summed E-state index contributed by atoms with van der Waals surface area (Å²) >= 11 is 0. The van der Waals surface area contributed by atoms with Crippen LogP contribution >= 0.6 is 0 Å². The zero-order chi connectivity index (χ0) is 10.8. The van der Waals surface area contributed by atoms with Crippen molar-refractivity contribution in [2.75, 3.05) is 18.0 Å². The second-order valence-electron chi connectivity index (χ2n) is 4.88. The van der Waals surface area contributed by atoms with Gasteiger partial charge >= 0.3 is 0 Å². The summed E-state index contributed by atoms with van der Waals surface area (Å²) in [4.78, 5) is 2.52. The summed E-state index contributed by atoms with van der Waals surface area (Å²) < 4.78 is 0. The predicted octanol–water partition coefficient (Wildman–Crippen LogP) is 3.34. The lowest BCUT2D eigenvalue weighted by Crippen LogP contribution is -2.37. The van der Waals surface area contributed by atoms with Gasteiger partial charge in [0.1, 0.15) is 0 Å². The fraction of sp³-hybridized carbons (Fsp3) is 0.571. The molecule has 0 saturated carbocycles. The molecular weight excluding hydrogens is 182 g/mol. The van der Waals surface area contributed by atoms with Crippen molar-refractivity contribution in [3.8, 4) is 0 Å². The van der Waals surface area contributed by atoms with Crippen molar-refractivity contribution in [3.63, 3.8) is 0 Å². The Balaban J connectivity index is 2.30. The molecule has 0 saturated heterocycles. The van der Waals surface area contributed by atoms with Gasteiger partial charge in [-0.05, 0) is 36.8 Å². The maximum Gasteiger partial charge on any atom is 0.0398 e. The van der Waals surface area contributed by atoms with Gasteiger partial charge in [0.25, 0.3) is 0 Å². The molecule has 0 N–H and O–H groups in total. The molecule has 15 heavy (non-hydrogen) atoms. The number of anilines is 1. The number of hydrogen-bond acceptors (Lipinski definition) is 1. The Morgan fingerprint density at radius 3 is 2.73 bits per heavy atom.